The Labute approximate surface area is 135 Å². The Morgan fingerprint density at radius 3 is 2.43 bits per heavy atom. The average Bonchev–Trinajstić information content (AvgIpc) is 3.01. The second kappa shape index (κ2) is 6.40. The fourth-order valence-corrected chi connectivity index (χ4v) is 3.07. The number of anilines is 1. The largest absolute Gasteiger partial charge is 0.368 e. The summed E-state index contributed by atoms with van der Waals surface area (Å²) in [6, 6.07) is 8.75. The SMILES string of the molecule is CC1CCN(C(=O)C2=NN(c3ccccc3)C(C(N)=O)C2)CC1. The van der Waals surface area contributed by atoms with Crippen LogP contribution in [0.1, 0.15) is 26.2 Å². The molecule has 1 fully saturated rings. The Morgan fingerprint density at radius 1 is 1.17 bits per heavy atom. The number of nitrogens with zero attached hydrogens (tertiary/aromatic N) is 3. The van der Waals surface area contributed by atoms with Gasteiger partial charge in [-0.05, 0) is 30.9 Å². The maximum atomic E-state index is 12.7. The highest BCUT2D eigenvalue weighted by atomic mass is 16.2. The summed E-state index contributed by atoms with van der Waals surface area (Å²) in [5.74, 6) is 0.123. The molecule has 2 N–H and O–H groups in total. The molecule has 0 aliphatic carbocycles. The number of para-hydroxylation sites is 1. The van der Waals surface area contributed by atoms with E-state index in [2.05, 4.69) is 12.0 Å². The summed E-state index contributed by atoms with van der Waals surface area (Å²) in [6.45, 7) is 3.71. The molecule has 0 saturated carbocycles. The van der Waals surface area contributed by atoms with Crippen molar-refractivity contribution in [2.75, 3.05) is 18.1 Å². The normalized spacial score (nSPS) is 22.1. The van der Waals surface area contributed by atoms with Crippen molar-refractivity contribution in [1.29, 1.82) is 0 Å². The number of nitrogens with two attached hydrogens (primary N) is 1. The summed E-state index contributed by atoms with van der Waals surface area (Å²) in [6.07, 6.45) is 2.30. The third-order valence-corrected chi connectivity index (χ3v) is 4.58. The van der Waals surface area contributed by atoms with E-state index >= 15 is 0 Å². The third kappa shape index (κ3) is 3.21. The summed E-state index contributed by atoms with van der Waals surface area (Å²) in [7, 11) is 0. The number of hydrogen-bond acceptors (Lipinski definition) is 4. The van der Waals surface area contributed by atoms with Crippen LogP contribution in [-0.2, 0) is 9.59 Å². The van der Waals surface area contributed by atoms with E-state index in [9.17, 15) is 9.59 Å². The number of piperidine rings is 1. The molecule has 0 aromatic heterocycles. The highest BCUT2D eigenvalue weighted by Gasteiger charge is 2.36. The van der Waals surface area contributed by atoms with E-state index in [1.807, 2.05) is 35.2 Å². The second-order valence-corrected chi connectivity index (χ2v) is 6.32. The van der Waals surface area contributed by atoms with Crippen LogP contribution in [-0.4, -0.2) is 41.6 Å². The van der Waals surface area contributed by atoms with Crippen molar-refractivity contribution in [1.82, 2.24) is 4.90 Å². The smallest absolute Gasteiger partial charge is 0.270 e. The topological polar surface area (TPSA) is 79.0 Å². The third-order valence-electron chi connectivity index (χ3n) is 4.58. The quantitative estimate of drug-likeness (QED) is 0.915. The highest BCUT2D eigenvalue weighted by molar-refractivity contribution is 6.40. The van der Waals surface area contributed by atoms with Gasteiger partial charge in [-0.15, -0.1) is 0 Å². The van der Waals surface area contributed by atoms with Gasteiger partial charge < -0.3 is 10.6 Å². The van der Waals surface area contributed by atoms with Crippen molar-refractivity contribution in [3.8, 4) is 0 Å². The molecule has 0 radical (unpaired) electrons. The molecular formula is C17H22N4O2. The minimum absolute atomic E-state index is 0.0680. The molecule has 1 unspecified atom stereocenters. The number of amides is 2. The summed E-state index contributed by atoms with van der Waals surface area (Å²) in [5, 5.41) is 5.98. The van der Waals surface area contributed by atoms with Crippen LogP contribution in [0.2, 0.25) is 0 Å². The molecule has 2 amide bonds. The zero-order valence-electron chi connectivity index (χ0n) is 13.3. The first-order valence-electron chi connectivity index (χ1n) is 8.06. The van der Waals surface area contributed by atoms with E-state index in [1.54, 1.807) is 5.01 Å². The molecule has 3 rings (SSSR count). The van der Waals surface area contributed by atoms with Gasteiger partial charge in [0.15, 0.2) is 0 Å². The van der Waals surface area contributed by atoms with Crippen LogP contribution < -0.4 is 10.7 Å². The van der Waals surface area contributed by atoms with Gasteiger partial charge in [0, 0.05) is 19.5 Å². The molecular weight excluding hydrogens is 292 g/mol. The lowest BCUT2D eigenvalue weighted by atomic mass is 9.98. The molecule has 1 aromatic carbocycles. The molecule has 2 heterocycles. The molecule has 0 bridgehead atoms. The lowest BCUT2D eigenvalue weighted by Crippen LogP contribution is -2.42. The van der Waals surface area contributed by atoms with Gasteiger partial charge in [-0.2, -0.15) is 5.10 Å². The molecule has 122 valence electrons. The fourth-order valence-electron chi connectivity index (χ4n) is 3.07. The molecule has 6 heteroatoms. The van der Waals surface area contributed by atoms with Crippen molar-refractivity contribution in [2.24, 2.45) is 16.8 Å². The molecule has 2 aliphatic heterocycles. The van der Waals surface area contributed by atoms with E-state index < -0.39 is 11.9 Å². The Balaban J connectivity index is 1.80. The number of carbonyl (C=O) groups is 2. The molecule has 1 saturated heterocycles. The Bertz CT molecular complexity index is 621. The zero-order valence-corrected chi connectivity index (χ0v) is 13.3. The molecule has 0 spiro atoms. The molecule has 6 nitrogen and oxygen atoms in total. The maximum absolute atomic E-state index is 12.7. The number of hydrogen-bond donors (Lipinski definition) is 1. The van der Waals surface area contributed by atoms with Crippen LogP contribution in [0.4, 0.5) is 5.69 Å². The highest BCUT2D eigenvalue weighted by Crippen LogP contribution is 2.25. The fraction of sp³-hybridized carbons (Fsp3) is 0.471. The van der Waals surface area contributed by atoms with Crippen LogP contribution in [0, 0.1) is 5.92 Å². The number of primary amides is 1. The summed E-state index contributed by atoms with van der Waals surface area (Å²) in [4.78, 5) is 26.3. The van der Waals surface area contributed by atoms with Crippen molar-refractivity contribution >= 4 is 23.2 Å². The van der Waals surface area contributed by atoms with Gasteiger partial charge in [0.05, 0.1) is 5.69 Å². The van der Waals surface area contributed by atoms with Gasteiger partial charge >= 0.3 is 0 Å². The van der Waals surface area contributed by atoms with Gasteiger partial charge in [-0.1, -0.05) is 25.1 Å². The van der Waals surface area contributed by atoms with Gasteiger partial charge in [-0.3, -0.25) is 14.6 Å². The minimum atomic E-state index is -0.597. The summed E-state index contributed by atoms with van der Waals surface area (Å²) in [5.41, 5.74) is 6.70. The van der Waals surface area contributed by atoms with Crippen LogP contribution >= 0.6 is 0 Å². The van der Waals surface area contributed by atoms with E-state index in [4.69, 9.17) is 5.73 Å². The number of carbonyl (C=O) groups excluding carboxylic acids is 2. The number of benzene rings is 1. The van der Waals surface area contributed by atoms with E-state index in [0.717, 1.165) is 31.6 Å². The van der Waals surface area contributed by atoms with Gasteiger partial charge in [0.25, 0.3) is 5.91 Å². The number of likely N-dealkylation sites (tertiary alicyclic amines) is 1. The minimum Gasteiger partial charge on any atom is -0.368 e. The van der Waals surface area contributed by atoms with Crippen molar-refractivity contribution in [3.05, 3.63) is 30.3 Å². The van der Waals surface area contributed by atoms with Crippen molar-refractivity contribution in [3.63, 3.8) is 0 Å². The maximum Gasteiger partial charge on any atom is 0.270 e. The van der Waals surface area contributed by atoms with Gasteiger partial charge in [-0.25, -0.2) is 0 Å². The van der Waals surface area contributed by atoms with E-state index in [-0.39, 0.29) is 12.3 Å². The lowest BCUT2D eigenvalue weighted by Gasteiger charge is -2.30. The average molecular weight is 314 g/mol. The number of rotatable bonds is 3. The number of hydrazone groups is 1. The van der Waals surface area contributed by atoms with Gasteiger partial charge in [0.2, 0.25) is 5.91 Å². The van der Waals surface area contributed by atoms with Crippen LogP contribution in [0.5, 0.6) is 0 Å². The first-order valence-corrected chi connectivity index (χ1v) is 8.06. The van der Waals surface area contributed by atoms with Crippen LogP contribution in [0.3, 0.4) is 0 Å². The predicted molar refractivity (Wildman–Crippen MR) is 88.9 cm³/mol. The Kier molecular flexibility index (Phi) is 4.32. The van der Waals surface area contributed by atoms with Crippen molar-refractivity contribution in [2.45, 2.75) is 32.2 Å². The standard InChI is InChI=1S/C17H22N4O2/c1-12-7-9-20(10-8-12)17(23)14-11-15(16(18)22)21(19-14)13-5-3-2-4-6-13/h2-6,12,15H,7-11H2,1H3,(H2,18,22). The first-order chi connectivity index (χ1) is 11.1. The Morgan fingerprint density at radius 2 is 1.83 bits per heavy atom. The van der Waals surface area contributed by atoms with E-state index in [1.165, 1.54) is 0 Å². The monoisotopic (exact) mass is 314 g/mol. The second-order valence-electron chi connectivity index (χ2n) is 6.32. The summed E-state index contributed by atoms with van der Waals surface area (Å²) >= 11 is 0. The van der Waals surface area contributed by atoms with Gasteiger partial charge in [0.1, 0.15) is 11.8 Å². The van der Waals surface area contributed by atoms with Crippen molar-refractivity contribution < 1.29 is 9.59 Å². The summed E-state index contributed by atoms with van der Waals surface area (Å²) < 4.78 is 0. The van der Waals surface area contributed by atoms with Crippen LogP contribution in [0.25, 0.3) is 0 Å². The predicted octanol–water partition coefficient (Wildman–Crippen LogP) is 1.37. The Hall–Kier alpha value is -2.37. The molecule has 2 aliphatic rings. The molecule has 1 atom stereocenters. The molecule has 23 heavy (non-hydrogen) atoms. The van der Waals surface area contributed by atoms with Crippen LogP contribution in [0.15, 0.2) is 35.4 Å². The lowest BCUT2D eigenvalue weighted by molar-refractivity contribution is -0.125. The first kappa shape index (κ1) is 15.5. The molecule has 1 aromatic rings. The van der Waals surface area contributed by atoms with E-state index in [0.29, 0.717) is 11.6 Å². The zero-order chi connectivity index (χ0) is 16.4.